The van der Waals surface area contributed by atoms with Crippen molar-refractivity contribution < 1.29 is 28.6 Å². The maximum absolute atomic E-state index is 11.2. The summed E-state index contributed by atoms with van der Waals surface area (Å²) in [5, 5.41) is 0. The Bertz CT molecular complexity index is 241. The standard InChI is InChI=1S/C8H12O6/c1-5(9)14-8(2,6(10)12-3)7(11)13-4/h1-4H3. The fourth-order valence-corrected chi connectivity index (χ4v) is 0.844. The van der Waals surface area contributed by atoms with Crippen molar-refractivity contribution in [1.82, 2.24) is 0 Å². The fraction of sp³-hybridized carbons (Fsp3) is 0.625. The molecule has 0 aromatic carbocycles. The number of esters is 3. The first-order valence-corrected chi connectivity index (χ1v) is 3.75. The predicted octanol–water partition coefficient (Wildman–Crippen LogP) is -0.346. The van der Waals surface area contributed by atoms with Gasteiger partial charge in [-0.3, -0.25) is 4.79 Å². The average Bonchev–Trinajstić information content (AvgIpc) is 2.13. The summed E-state index contributed by atoms with van der Waals surface area (Å²) in [4.78, 5) is 33.0. The van der Waals surface area contributed by atoms with Crippen LogP contribution in [-0.2, 0) is 28.6 Å². The Morgan fingerprint density at radius 1 is 1.00 bits per heavy atom. The number of methoxy groups -OCH3 is 2. The topological polar surface area (TPSA) is 78.9 Å². The zero-order valence-corrected chi connectivity index (χ0v) is 8.45. The summed E-state index contributed by atoms with van der Waals surface area (Å²) in [7, 11) is 2.15. The van der Waals surface area contributed by atoms with Gasteiger partial charge in [0, 0.05) is 6.92 Å². The quantitative estimate of drug-likeness (QED) is 0.355. The number of carbonyl (C=O) groups excluding carboxylic acids is 3. The van der Waals surface area contributed by atoms with E-state index in [-0.39, 0.29) is 0 Å². The van der Waals surface area contributed by atoms with E-state index in [1.54, 1.807) is 0 Å². The van der Waals surface area contributed by atoms with Crippen molar-refractivity contribution in [3.05, 3.63) is 0 Å². The number of carbonyl (C=O) groups is 3. The van der Waals surface area contributed by atoms with E-state index in [1.807, 2.05) is 0 Å². The van der Waals surface area contributed by atoms with E-state index in [0.717, 1.165) is 28.1 Å². The minimum Gasteiger partial charge on any atom is -0.466 e. The Labute approximate surface area is 81.1 Å². The summed E-state index contributed by atoms with van der Waals surface area (Å²) >= 11 is 0. The third-order valence-electron chi connectivity index (χ3n) is 1.50. The van der Waals surface area contributed by atoms with Gasteiger partial charge >= 0.3 is 23.5 Å². The first kappa shape index (κ1) is 12.4. The molecular formula is C8H12O6. The molecule has 0 N–H and O–H groups in total. The van der Waals surface area contributed by atoms with E-state index < -0.39 is 23.5 Å². The molecule has 6 heteroatoms. The van der Waals surface area contributed by atoms with Crippen LogP contribution in [0.5, 0.6) is 0 Å². The Balaban J connectivity index is 4.93. The van der Waals surface area contributed by atoms with Crippen molar-refractivity contribution in [2.75, 3.05) is 14.2 Å². The molecule has 0 fully saturated rings. The Morgan fingerprint density at radius 2 is 1.36 bits per heavy atom. The molecule has 0 bridgehead atoms. The number of ether oxygens (including phenoxy) is 3. The van der Waals surface area contributed by atoms with Gasteiger partial charge in [0.1, 0.15) is 0 Å². The molecule has 0 spiro atoms. The monoisotopic (exact) mass is 204 g/mol. The van der Waals surface area contributed by atoms with Crippen LogP contribution >= 0.6 is 0 Å². The lowest BCUT2D eigenvalue weighted by atomic mass is 10.1. The molecule has 0 unspecified atom stereocenters. The average molecular weight is 204 g/mol. The molecule has 0 aliphatic heterocycles. The number of hydrogen-bond donors (Lipinski definition) is 0. The molecule has 0 aromatic rings. The molecule has 6 nitrogen and oxygen atoms in total. The normalized spacial score (nSPS) is 10.3. The second-order valence-corrected chi connectivity index (χ2v) is 2.61. The van der Waals surface area contributed by atoms with Gasteiger partial charge in [-0.05, 0) is 6.92 Å². The predicted molar refractivity (Wildman–Crippen MR) is 44.2 cm³/mol. The fourth-order valence-electron chi connectivity index (χ4n) is 0.844. The van der Waals surface area contributed by atoms with Crippen molar-refractivity contribution in [2.24, 2.45) is 0 Å². The molecule has 0 saturated heterocycles. The van der Waals surface area contributed by atoms with E-state index in [2.05, 4.69) is 14.2 Å². The lowest BCUT2D eigenvalue weighted by molar-refractivity contribution is -0.190. The first-order valence-electron chi connectivity index (χ1n) is 3.75. The molecule has 14 heavy (non-hydrogen) atoms. The smallest absolute Gasteiger partial charge is 0.362 e. The summed E-state index contributed by atoms with van der Waals surface area (Å²) in [6, 6.07) is 0. The highest BCUT2D eigenvalue weighted by Crippen LogP contribution is 2.14. The van der Waals surface area contributed by atoms with Crippen molar-refractivity contribution in [3.63, 3.8) is 0 Å². The molecule has 0 rings (SSSR count). The zero-order valence-electron chi connectivity index (χ0n) is 8.45. The van der Waals surface area contributed by atoms with Gasteiger partial charge in [0.25, 0.3) is 0 Å². The van der Waals surface area contributed by atoms with Crippen LogP contribution in [0.25, 0.3) is 0 Å². The van der Waals surface area contributed by atoms with E-state index in [4.69, 9.17) is 0 Å². The SMILES string of the molecule is COC(=O)C(C)(OC(C)=O)C(=O)OC. The van der Waals surface area contributed by atoms with Gasteiger partial charge in [-0.25, -0.2) is 9.59 Å². The number of hydrogen-bond acceptors (Lipinski definition) is 6. The van der Waals surface area contributed by atoms with Crippen molar-refractivity contribution in [3.8, 4) is 0 Å². The van der Waals surface area contributed by atoms with Crippen LogP contribution in [0.4, 0.5) is 0 Å². The Kier molecular flexibility index (Phi) is 4.07. The van der Waals surface area contributed by atoms with Gasteiger partial charge in [0.2, 0.25) is 0 Å². The molecule has 80 valence electrons. The first-order chi connectivity index (χ1) is 6.38. The molecule has 0 aliphatic carbocycles. The van der Waals surface area contributed by atoms with Crippen LogP contribution < -0.4 is 0 Å². The van der Waals surface area contributed by atoms with E-state index >= 15 is 0 Å². The summed E-state index contributed by atoms with van der Waals surface area (Å²) in [6.45, 7) is 2.18. The summed E-state index contributed by atoms with van der Waals surface area (Å²) in [5.41, 5.74) is -2.03. The van der Waals surface area contributed by atoms with Gasteiger partial charge in [0.05, 0.1) is 14.2 Å². The van der Waals surface area contributed by atoms with E-state index in [1.165, 1.54) is 0 Å². The largest absolute Gasteiger partial charge is 0.466 e. The van der Waals surface area contributed by atoms with Crippen LogP contribution in [0, 0.1) is 0 Å². The minimum atomic E-state index is -2.03. The Morgan fingerprint density at radius 3 is 1.57 bits per heavy atom. The van der Waals surface area contributed by atoms with Crippen LogP contribution in [0.2, 0.25) is 0 Å². The maximum atomic E-state index is 11.2. The molecular weight excluding hydrogens is 192 g/mol. The third-order valence-corrected chi connectivity index (χ3v) is 1.50. The van der Waals surface area contributed by atoms with Crippen LogP contribution in [-0.4, -0.2) is 37.7 Å². The molecule has 0 atom stereocenters. The molecule has 0 aliphatic rings. The highest BCUT2D eigenvalue weighted by molar-refractivity contribution is 6.04. The zero-order chi connectivity index (χ0) is 11.4. The van der Waals surface area contributed by atoms with Gasteiger partial charge in [0.15, 0.2) is 0 Å². The van der Waals surface area contributed by atoms with E-state index in [0.29, 0.717) is 0 Å². The van der Waals surface area contributed by atoms with Crippen molar-refractivity contribution in [1.29, 1.82) is 0 Å². The lowest BCUT2D eigenvalue weighted by Gasteiger charge is -2.22. The second-order valence-electron chi connectivity index (χ2n) is 2.61. The van der Waals surface area contributed by atoms with Crippen molar-refractivity contribution in [2.45, 2.75) is 19.4 Å². The van der Waals surface area contributed by atoms with Gasteiger partial charge in [-0.1, -0.05) is 0 Å². The van der Waals surface area contributed by atoms with Gasteiger partial charge in [-0.2, -0.15) is 0 Å². The van der Waals surface area contributed by atoms with Crippen LogP contribution in [0.1, 0.15) is 13.8 Å². The van der Waals surface area contributed by atoms with E-state index in [9.17, 15) is 14.4 Å². The number of rotatable bonds is 3. The molecule has 0 saturated carbocycles. The van der Waals surface area contributed by atoms with Crippen LogP contribution in [0.3, 0.4) is 0 Å². The summed E-state index contributed by atoms with van der Waals surface area (Å²) < 4.78 is 13.2. The van der Waals surface area contributed by atoms with Crippen LogP contribution in [0.15, 0.2) is 0 Å². The molecule has 0 radical (unpaired) electrons. The second kappa shape index (κ2) is 4.59. The molecule has 0 heterocycles. The molecule has 0 aromatic heterocycles. The van der Waals surface area contributed by atoms with Gasteiger partial charge < -0.3 is 14.2 Å². The highest BCUT2D eigenvalue weighted by atomic mass is 16.6. The van der Waals surface area contributed by atoms with Crippen molar-refractivity contribution >= 4 is 17.9 Å². The lowest BCUT2D eigenvalue weighted by Crippen LogP contribution is -2.48. The Hall–Kier alpha value is -1.59. The summed E-state index contributed by atoms with van der Waals surface area (Å²) in [6.07, 6.45) is 0. The maximum Gasteiger partial charge on any atom is 0.362 e. The third kappa shape index (κ3) is 2.45. The summed E-state index contributed by atoms with van der Waals surface area (Å²) in [5.74, 6) is -2.75. The molecule has 0 amide bonds. The van der Waals surface area contributed by atoms with Gasteiger partial charge in [-0.15, -0.1) is 0 Å². The minimum absolute atomic E-state index is 0.775. The highest BCUT2D eigenvalue weighted by Gasteiger charge is 2.47.